The first-order valence-corrected chi connectivity index (χ1v) is 3.06. The highest BCUT2D eigenvalue weighted by molar-refractivity contribution is 5.19. The van der Waals surface area contributed by atoms with Gasteiger partial charge in [0.1, 0.15) is 11.7 Å². The molecule has 0 spiro atoms. The van der Waals surface area contributed by atoms with Gasteiger partial charge in [0.05, 0.1) is 0 Å². The first-order valence-electron chi connectivity index (χ1n) is 3.06. The number of hydrogen-bond acceptors (Lipinski definition) is 0. The molecule has 2 heteroatoms. The third-order valence-electron chi connectivity index (χ3n) is 0.870. The molecule has 0 saturated heterocycles. The molecule has 0 fully saturated rings. The van der Waals surface area contributed by atoms with E-state index in [1.165, 1.54) is 6.08 Å². The molecule has 0 aliphatic heterocycles. The van der Waals surface area contributed by atoms with Gasteiger partial charge in [0.2, 0.25) is 0 Å². The van der Waals surface area contributed by atoms with E-state index in [-0.39, 0.29) is 0 Å². The molecular formula is C8H10F2. The van der Waals surface area contributed by atoms with Crippen LogP contribution in [0.4, 0.5) is 8.78 Å². The second-order valence-electron chi connectivity index (χ2n) is 1.73. The number of rotatable bonds is 3. The fourth-order valence-electron chi connectivity index (χ4n) is 0.445. The molecule has 0 rings (SSSR count). The molecule has 0 N–H and O–H groups in total. The molecule has 56 valence electrons. The van der Waals surface area contributed by atoms with E-state index in [1.54, 1.807) is 6.92 Å². The predicted molar refractivity (Wildman–Crippen MR) is 38.9 cm³/mol. The lowest BCUT2D eigenvalue weighted by molar-refractivity contribution is 0.628. The lowest BCUT2D eigenvalue weighted by Crippen LogP contribution is -1.68. The van der Waals surface area contributed by atoms with Gasteiger partial charge in [0.25, 0.3) is 0 Å². The van der Waals surface area contributed by atoms with Gasteiger partial charge in [-0.1, -0.05) is 13.5 Å². The van der Waals surface area contributed by atoms with Gasteiger partial charge in [0.15, 0.2) is 0 Å². The van der Waals surface area contributed by atoms with Crippen LogP contribution in [0.1, 0.15) is 13.3 Å². The van der Waals surface area contributed by atoms with Crippen LogP contribution in [0.2, 0.25) is 0 Å². The fraction of sp³-hybridized carbons (Fsp3) is 0.250. The van der Waals surface area contributed by atoms with Gasteiger partial charge < -0.3 is 0 Å². The van der Waals surface area contributed by atoms with Crippen LogP contribution in [0.3, 0.4) is 0 Å². The zero-order chi connectivity index (χ0) is 7.98. The topological polar surface area (TPSA) is 0 Å². The van der Waals surface area contributed by atoms with Crippen LogP contribution in [0.25, 0.3) is 0 Å². The van der Waals surface area contributed by atoms with E-state index in [2.05, 4.69) is 6.58 Å². The summed E-state index contributed by atoms with van der Waals surface area (Å²) in [6.45, 7) is 4.91. The maximum Gasteiger partial charge on any atom is 0.125 e. The SMILES string of the molecule is C=C/C(F)=C\C(F)=C/CC. The Morgan fingerprint density at radius 1 is 1.40 bits per heavy atom. The molecule has 0 aromatic rings. The average Bonchev–Trinajstić information content (AvgIpc) is 1.88. The smallest absolute Gasteiger partial charge is 0.125 e. The second-order valence-corrected chi connectivity index (χ2v) is 1.73. The quantitative estimate of drug-likeness (QED) is 0.533. The summed E-state index contributed by atoms with van der Waals surface area (Å²) < 4.78 is 24.5. The lowest BCUT2D eigenvalue weighted by atomic mass is 10.3. The summed E-state index contributed by atoms with van der Waals surface area (Å²) in [6, 6.07) is 0. The maximum atomic E-state index is 12.3. The zero-order valence-corrected chi connectivity index (χ0v) is 5.90. The molecule has 0 bridgehead atoms. The van der Waals surface area contributed by atoms with Crippen LogP contribution >= 0.6 is 0 Å². The van der Waals surface area contributed by atoms with Crippen molar-refractivity contribution in [3.8, 4) is 0 Å². The monoisotopic (exact) mass is 144 g/mol. The Kier molecular flexibility index (Phi) is 4.46. The molecule has 10 heavy (non-hydrogen) atoms. The van der Waals surface area contributed by atoms with Crippen molar-refractivity contribution in [1.82, 2.24) is 0 Å². The molecule has 0 amide bonds. The van der Waals surface area contributed by atoms with E-state index in [0.717, 1.165) is 12.2 Å². The molecule has 0 aromatic carbocycles. The van der Waals surface area contributed by atoms with Crippen molar-refractivity contribution in [1.29, 1.82) is 0 Å². The maximum absolute atomic E-state index is 12.3. The van der Waals surface area contributed by atoms with Crippen LogP contribution in [0, 0.1) is 0 Å². The normalized spacial score (nSPS) is 13.5. The van der Waals surface area contributed by atoms with E-state index in [0.29, 0.717) is 6.42 Å². The van der Waals surface area contributed by atoms with Crippen LogP contribution in [-0.2, 0) is 0 Å². The summed E-state index contributed by atoms with van der Waals surface area (Å²) in [7, 11) is 0. The molecule has 0 aliphatic rings. The van der Waals surface area contributed by atoms with Crippen molar-refractivity contribution in [3.63, 3.8) is 0 Å². The van der Waals surface area contributed by atoms with E-state index >= 15 is 0 Å². The minimum Gasteiger partial charge on any atom is -0.207 e. The second kappa shape index (κ2) is 4.91. The molecule has 0 heterocycles. The molecule has 0 saturated carbocycles. The molecule has 0 aromatic heterocycles. The first kappa shape index (κ1) is 9.08. The zero-order valence-electron chi connectivity index (χ0n) is 5.90. The highest BCUT2D eigenvalue weighted by Crippen LogP contribution is 2.06. The van der Waals surface area contributed by atoms with E-state index in [9.17, 15) is 8.78 Å². The van der Waals surface area contributed by atoms with E-state index in [4.69, 9.17) is 0 Å². The largest absolute Gasteiger partial charge is 0.207 e. The van der Waals surface area contributed by atoms with Gasteiger partial charge in [0, 0.05) is 6.08 Å². The van der Waals surface area contributed by atoms with Crippen LogP contribution in [0.5, 0.6) is 0 Å². The number of hydrogen-bond donors (Lipinski definition) is 0. The molecule has 0 unspecified atom stereocenters. The van der Waals surface area contributed by atoms with Crippen molar-refractivity contribution in [2.24, 2.45) is 0 Å². The summed E-state index contributed by atoms with van der Waals surface area (Å²) in [5, 5.41) is 0. The van der Waals surface area contributed by atoms with Crippen molar-refractivity contribution in [2.45, 2.75) is 13.3 Å². The molecule has 0 atom stereocenters. The average molecular weight is 144 g/mol. The molecule has 0 nitrogen and oxygen atoms in total. The summed E-state index contributed by atoms with van der Waals surface area (Å²) in [4.78, 5) is 0. The predicted octanol–water partition coefficient (Wildman–Crippen LogP) is 3.29. The summed E-state index contributed by atoms with van der Waals surface area (Å²) >= 11 is 0. The Labute approximate surface area is 59.6 Å². The third kappa shape index (κ3) is 4.01. The van der Waals surface area contributed by atoms with E-state index < -0.39 is 11.7 Å². The van der Waals surface area contributed by atoms with E-state index in [1.807, 2.05) is 0 Å². The summed E-state index contributed by atoms with van der Waals surface area (Å²) in [5.41, 5.74) is 0. The van der Waals surface area contributed by atoms with Gasteiger partial charge in [-0.3, -0.25) is 0 Å². The Hall–Kier alpha value is -0.920. The summed E-state index contributed by atoms with van der Waals surface area (Å²) in [6.07, 6.45) is 3.62. The minimum absolute atomic E-state index is 0.556. The number of allylic oxidation sites excluding steroid dienone is 5. The first-order chi connectivity index (χ1) is 4.70. The Balaban J connectivity index is 4.11. The third-order valence-corrected chi connectivity index (χ3v) is 0.870. The molecule has 0 aliphatic carbocycles. The lowest BCUT2D eigenvalue weighted by Gasteiger charge is -1.85. The molecule has 0 radical (unpaired) electrons. The highest BCUT2D eigenvalue weighted by Gasteiger charge is 1.89. The van der Waals surface area contributed by atoms with Crippen LogP contribution in [0.15, 0.2) is 36.5 Å². The van der Waals surface area contributed by atoms with Gasteiger partial charge in [-0.15, -0.1) is 0 Å². The van der Waals surface area contributed by atoms with Gasteiger partial charge >= 0.3 is 0 Å². The van der Waals surface area contributed by atoms with Crippen molar-refractivity contribution < 1.29 is 8.78 Å². The van der Waals surface area contributed by atoms with Crippen molar-refractivity contribution >= 4 is 0 Å². The van der Waals surface area contributed by atoms with Crippen molar-refractivity contribution in [2.75, 3.05) is 0 Å². The fourth-order valence-corrected chi connectivity index (χ4v) is 0.445. The van der Waals surface area contributed by atoms with Gasteiger partial charge in [-0.05, 0) is 18.6 Å². The Morgan fingerprint density at radius 2 is 2.00 bits per heavy atom. The van der Waals surface area contributed by atoms with Crippen LogP contribution in [-0.4, -0.2) is 0 Å². The molecular weight excluding hydrogens is 134 g/mol. The van der Waals surface area contributed by atoms with Crippen molar-refractivity contribution in [3.05, 3.63) is 36.5 Å². The van der Waals surface area contributed by atoms with Gasteiger partial charge in [-0.2, -0.15) is 0 Å². The minimum atomic E-state index is -0.651. The Bertz CT molecular complexity index is 166. The van der Waals surface area contributed by atoms with Crippen LogP contribution < -0.4 is 0 Å². The summed E-state index contributed by atoms with van der Waals surface area (Å²) in [5.74, 6) is -1.21. The van der Waals surface area contributed by atoms with Gasteiger partial charge in [-0.25, -0.2) is 8.78 Å². The Morgan fingerprint density at radius 3 is 2.40 bits per heavy atom. The highest BCUT2D eigenvalue weighted by atomic mass is 19.1. The standard InChI is InChI=1S/C8H10F2/c1-3-5-8(10)6-7(9)4-2/h4-6H,2-3H2,1H3/b7-6+,8-5+. The number of halogens is 2.